The summed E-state index contributed by atoms with van der Waals surface area (Å²) < 4.78 is 3.14. The van der Waals surface area contributed by atoms with Gasteiger partial charge in [0, 0.05) is 35.6 Å². The Kier molecular flexibility index (Phi) is 6.35. The predicted molar refractivity (Wildman–Crippen MR) is 132 cm³/mol. The zero-order chi connectivity index (χ0) is 22.7. The van der Waals surface area contributed by atoms with Crippen molar-refractivity contribution in [2.24, 2.45) is 0 Å². The number of hydrogen-bond acceptors (Lipinski definition) is 7. The molecule has 0 aliphatic rings. The van der Waals surface area contributed by atoms with Crippen molar-refractivity contribution in [1.29, 1.82) is 5.26 Å². The average Bonchev–Trinajstić information content (AvgIpc) is 2.81. The standard InChI is InChI=1S/C24H20ClN5OS/c1-14(15-3-6-19(31)7-4-15)29-23-18(11-26)13-27-21-8-5-16(9-20(21)23)17-10-22(30-32-2)24(25)28-12-17/h3-10,12-14,30-31H,1-2H3,(H,27,29). The summed E-state index contributed by atoms with van der Waals surface area (Å²) in [5.41, 5.74) is 5.50. The molecule has 2 aromatic carbocycles. The second kappa shape index (κ2) is 9.35. The Morgan fingerprint density at radius 2 is 1.84 bits per heavy atom. The predicted octanol–water partition coefficient (Wildman–Crippen LogP) is 6.39. The number of fused-ring (bicyclic) bond motifs is 1. The highest BCUT2D eigenvalue weighted by atomic mass is 35.5. The van der Waals surface area contributed by atoms with Gasteiger partial charge in [-0.15, -0.1) is 0 Å². The average molecular weight is 462 g/mol. The van der Waals surface area contributed by atoms with Gasteiger partial charge in [0.1, 0.15) is 11.8 Å². The van der Waals surface area contributed by atoms with Gasteiger partial charge in [0.2, 0.25) is 0 Å². The third-order valence-corrected chi connectivity index (χ3v) is 5.85. The second-order valence-corrected chi connectivity index (χ2v) is 8.19. The molecule has 4 aromatic rings. The van der Waals surface area contributed by atoms with Gasteiger partial charge in [-0.2, -0.15) is 5.26 Å². The van der Waals surface area contributed by atoms with Crippen LogP contribution in [0.5, 0.6) is 5.75 Å². The quantitative estimate of drug-likeness (QED) is 0.226. The molecular formula is C24H20ClN5OS. The summed E-state index contributed by atoms with van der Waals surface area (Å²) in [6.45, 7) is 2.01. The Labute approximate surface area is 195 Å². The van der Waals surface area contributed by atoms with E-state index >= 15 is 0 Å². The Hall–Kier alpha value is -3.47. The van der Waals surface area contributed by atoms with Crippen LogP contribution in [0.2, 0.25) is 5.15 Å². The van der Waals surface area contributed by atoms with Crippen molar-refractivity contribution in [2.45, 2.75) is 13.0 Å². The van der Waals surface area contributed by atoms with Gasteiger partial charge < -0.3 is 15.1 Å². The van der Waals surface area contributed by atoms with Crippen molar-refractivity contribution in [2.75, 3.05) is 16.3 Å². The molecule has 32 heavy (non-hydrogen) atoms. The number of aromatic nitrogens is 2. The molecule has 1 unspecified atom stereocenters. The zero-order valence-corrected chi connectivity index (χ0v) is 19.0. The first-order valence-electron chi connectivity index (χ1n) is 9.83. The van der Waals surface area contributed by atoms with Gasteiger partial charge in [-0.05, 0) is 48.4 Å². The number of halogens is 1. The molecule has 0 saturated heterocycles. The molecule has 0 bridgehead atoms. The highest BCUT2D eigenvalue weighted by Gasteiger charge is 2.14. The fraction of sp³-hybridized carbons (Fsp3) is 0.125. The number of phenolic OH excluding ortho intramolecular Hbond substituents is 1. The SMILES string of the molecule is CSNc1cc(-c2ccc3ncc(C#N)c(NC(C)c4ccc(O)cc4)c3c2)cnc1Cl. The summed E-state index contributed by atoms with van der Waals surface area (Å²) in [6, 6.07) is 17.0. The lowest BCUT2D eigenvalue weighted by Gasteiger charge is -2.19. The van der Waals surface area contributed by atoms with E-state index in [-0.39, 0.29) is 11.8 Å². The molecule has 4 rings (SSSR count). The maximum Gasteiger partial charge on any atom is 0.152 e. The van der Waals surface area contributed by atoms with Gasteiger partial charge >= 0.3 is 0 Å². The Balaban J connectivity index is 1.79. The molecule has 8 heteroatoms. The maximum absolute atomic E-state index is 9.71. The van der Waals surface area contributed by atoms with Crippen molar-refractivity contribution in [3.63, 3.8) is 0 Å². The van der Waals surface area contributed by atoms with E-state index in [1.807, 2.05) is 49.6 Å². The number of aromatic hydroxyl groups is 1. The van der Waals surface area contributed by atoms with E-state index in [4.69, 9.17) is 11.6 Å². The monoisotopic (exact) mass is 461 g/mol. The fourth-order valence-corrected chi connectivity index (χ4v) is 4.04. The van der Waals surface area contributed by atoms with Crippen molar-refractivity contribution < 1.29 is 5.11 Å². The third kappa shape index (κ3) is 4.42. The maximum atomic E-state index is 9.71. The number of nitriles is 1. The molecule has 0 aliphatic carbocycles. The number of phenols is 1. The molecular weight excluding hydrogens is 442 g/mol. The molecule has 0 fully saturated rings. The smallest absolute Gasteiger partial charge is 0.152 e. The van der Waals surface area contributed by atoms with Gasteiger partial charge in [-0.1, -0.05) is 41.7 Å². The first kappa shape index (κ1) is 21.8. The van der Waals surface area contributed by atoms with Crippen LogP contribution in [0, 0.1) is 11.3 Å². The Bertz CT molecular complexity index is 1320. The Morgan fingerprint density at radius 3 is 2.56 bits per heavy atom. The lowest BCUT2D eigenvalue weighted by Crippen LogP contribution is -2.08. The first-order chi connectivity index (χ1) is 15.5. The molecule has 6 nitrogen and oxygen atoms in total. The summed E-state index contributed by atoms with van der Waals surface area (Å²) in [5.74, 6) is 0.213. The van der Waals surface area contributed by atoms with E-state index in [1.54, 1.807) is 24.5 Å². The van der Waals surface area contributed by atoms with E-state index in [1.165, 1.54) is 11.9 Å². The van der Waals surface area contributed by atoms with E-state index < -0.39 is 0 Å². The minimum atomic E-state index is -0.0912. The topological polar surface area (TPSA) is 93.9 Å². The van der Waals surface area contributed by atoms with E-state index in [9.17, 15) is 10.4 Å². The van der Waals surface area contributed by atoms with Crippen LogP contribution < -0.4 is 10.0 Å². The number of anilines is 2. The molecule has 160 valence electrons. The normalized spacial score (nSPS) is 11.7. The molecule has 0 saturated carbocycles. The number of nitrogens with one attached hydrogen (secondary N) is 2. The molecule has 0 amide bonds. The minimum absolute atomic E-state index is 0.0912. The van der Waals surface area contributed by atoms with Crippen LogP contribution in [-0.4, -0.2) is 21.3 Å². The fourth-order valence-electron chi connectivity index (χ4n) is 3.46. The van der Waals surface area contributed by atoms with Crippen LogP contribution in [0.25, 0.3) is 22.0 Å². The lowest BCUT2D eigenvalue weighted by molar-refractivity contribution is 0.475. The number of benzene rings is 2. The van der Waals surface area contributed by atoms with E-state index in [0.717, 1.165) is 33.3 Å². The van der Waals surface area contributed by atoms with E-state index in [0.29, 0.717) is 16.4 Å². The van der Waals surface area contributed by atoms with Gasteiger partial charge in [-0.25, -0.2) is 4.98 Å². The first-order valence-corrected chi connectivity index (χ1v) is 11.4. The number of hydrogen-bond donors (Lipinski definition) is 3. The van der Waals surface area contributed by atoms with Crippen molar-refractivity contribution in [1.82, 2.24) is 9.97 Å². The number of rotatable bonds is 6. The summed E-state index contributed by atoms with van der Waals surface area (Å²) in [6.07, 6.45) is 5.22. The van der Waals surface area contributed by atoms with Crippen LogP contribution in [-0.2, 0) is 0 Å². The lowest BCUT2D eigenvalue weighted by atomic mass is 10.0. The second-order valence-electron chi connectivity index (χ2n) is 7.22. The molecule has 0 radical (unpaired) electrons. The number of pyridine rings is 2. The largest absolute Gasteiger partial charge is 0.508 e. The summed E-state index contributed by atoms with van der Waals surface area (Å²) in [7, 11) is 0. The zero-order valence-electron chi connectivity index (χ0n) is 17.4. The number of nitrogens with zero attached hydrogens (tertiary/aromatic N) is 3. The highest BCUT2D eigenvalue weighted by molar-refractivity contribution is 7.99. The van der Waals surface area contributed by atoms with Crippen LogP contribution >= 0.6 is 23.5 Å². The van der Waals surface area contributed by atoms with Crippen LogP contribution in [0.3, 0.4) is 0 Å². The third-order valence-electron chi connectivity index (χ3n) is 5.13. The van der Waals surface area contributed by atoms with Crippen LogP contribution in [0.15, 0.2) is 60.9 Å². The molecule has 2 aromatic heterocycles. The molecule has 1 atom stereocenters. The summed E-state index contributed by atoms with van der Waals surface area (Å²) in [4.78, 5) is 8.74. The van der Waals surface area contributed by atoms with Crippen LogP contribution in [0.1, 0.15) is 24.1 Å². The van der Waals surface area contributed by atoms with Crippen molar-refractivity contribution in [3.05, 3.63) is 77.2 Å². The molecule has 0 spiro atoms. The van der Waals surface area contributed by atoms with Gasteiger partial charge in [0.25, 0.3) is 0 Å². The van der Waals surface area contributed by atoms with Gasteiger partial charge in [0.15, 0.2) is 5.15 Å². The molecule has 0 aliphatic heterocycles. The van der Waals surface area contributed by atoms with Crippen molar-refractivity contribution >= 4 is 45.8 Å². The van der Waals surface area contributed by atoms with Gasteiger partial charge in [-0.3, -0.25) is 4.98 Å². The minimum Gasteiger partial charge on any atom is -0.508 e. The molecule has 3 N–H and O–H groups in total. The summed E-state index contributed by atoms with van der Waals surface area (Å²) in [5, 5.41) is 24.0. The Morgan fingerprint density at radius 1 is 1.06 bits per heavy atom. The highest BCUT2D eigenvalue weighted by Crippen LogP contribution is 2.34. The molecule has 2 heterocycles. The van der Waals surface area contributed by atoms with Gasteiger partial charge in [0.05, 0.1) is 22.5 Å². The van der Waals surface area contributed by atoms with Crippen LogP contribution in [0.4, 0.5) is 11.4 Å². The summed E-state index contributed by atoms with van der Waals surface area (Å²) >= 11 is 7.63. The van der Waals surface area contributed by atoms with E-state index in [2.05, 4.69) is 26.1 Å². The van der Waals surface area contributed by atoms with Crippen molar-refractivity contribution in [3.8, 4) is 22.9 Å².